The lowest BCUT2D eigenvalue weighted by atomic mass is 9.85. The predicted octanol–water partition coefficient (Wildman–Crippen LogP) is 1.55. The molecule has 0 radical (unpaired) electrons. The number of hydrogen-bond donors (Lipinski definition) is 1. The maximum absolute atomic E-state index is 12.8. The SMILES string of the molecule is O=C(C1CC2CCCCC2N1)N1CCC2(CCOC2)C1. The van der Waals surface area contributed by atoms with E-state index in [4.69, 9.17) is 4.74 Å². The Hall–Kier alpha value is -0.610. The van der Waals surface area contributed by atoms with Crippen molar-refractivity contribution in [3.05, 3.63) is 0 Å². The number of fused-ring (bicyclic) bond motifs is 1. The summed E-state index contributed by atoms with van der Waals surface area (Å²) >= 11 is 0. The molecule has 1 amide bonds. The van der Waals surface area contributed by atoms with E-state index in [2.05, 4.69) is 10.2 Å². The third-order valence-electron chi connectivity index (χ3n) is 6.10. The first kappa shape index (κ1) is 13.1. The molecule has 1 N–H and O–H groups in total. The minimum absolute atomic E-state index is 0.0978. The fourth-order valence-electron chi connectivity index (χ4n) is 4.83. The Bertz CT molecular complexity index is 374. The molecular weight excluding hydrogens is 252 g/mol. The highest BCUT2D eigenvalue weighted by molar-refractivity contribution is 5.82. The van der Waals surface area contributed by atoms with Gasteiger partial charge in [0.05, 0.1) is 12.6 Å². The molecule has 0 aromatic rings. The molecule has 1 aliphatic carbocycles. The van der Waals surface area contributed by atoms with Crippen molar-refractivity contribution >= 4 is 5.91 Å². The Morgan fingerprint density at radius 3 is 2.95 bits per heavy atom. The second-order valence-electron chi connectivity index (χ2n) is 7.42. The minimum atomic E-state index is 0.0978. The molecule has 0 aromatic carbocycles. The summed E-state index contributed by atoms with van der Waals surface area (Å²) in [5, 5.41) is 3.63. The van der Waals surface area contributed by atoms with Gasteiger partial charge in [-0.3, -0.25) is 4.79 Å². The van der Waals surface area contributed by atoms with Crippen LogP contribution in [0, 0.1) is 11.3 Å². The smallest absolute Gasteiger partial charge is 0.239 e. The number of nitrogens with one attached hydrogen (secondary N) is 1. The van der Waals surface area contributed by atoms with Crippen LogP contribution < -0.4 is 5.32 Å². The number of ether oxygens (including phenoxy) is 1. The fourth-order valence-corrected chi connectivity index (χ4v) is 4.83. The van der Waals surface area contributed by atoms with E-state index in [-0.39, 0.29) is 6.04 Å². The number of likely N-dealkylation sites (tertiary alicyclic amines) is 1. The Kier molecular flexibility index (Phi) is 3.26. The summed E-state index contributed by atoms with van der Waals surface area (Å²) in [6.07, 6.45) is 8.63. The van der Waals surface area contributed by atoms with Gasteiger partial charge in [0.25, 0.3) is 0 Å². The van der Waals surface area contributed by atoms with Crippen molar-refractivity contribution in [3.63, 3.8) is 0 Å². The summed E-state index contributed by atoms with van der Waals surface area (Å²) in [5.41, 5.74) is 0.293. The van der Waals surface area contributed by atoms with Crippen LogP contribution in [0.4, 0.5) is 0 Å². The number of rotatable bonds is 1. The van der Waals surface area contributed by atoms with Gasteiger partial charge in [0.1, 0.15) is 0 Å². The van der Waals surface area contributed by atoms with Crippen molar-refractivity contribution in [1.29, 1.82) is 0 Å². The standard InChI is InChI=1S/C16H26N2O2/c19-15(14-9-12-3-1-2-4-13(12)17-14)18-7-5-16(10-18)6-8-20-11-16/h12-14,17H,1-11H2. The van der Waals surface area contributed by atoms with Gasteiger partial charge in [-0.05, 0) is 38.0 Å². The van der Waals surface area contributed by atoms with Crippen LogP contribution in [-0.4, -0.2) is 49.2 Å². The fraction of sp³-hybridized carbons (Fsp3) is 0.938. The summed E-state index contributed by atoms with van der Waals surface area (Å²) in [6.45, 7) is 3.61. The average Bonchev–Trinajstić information content (AvgIpc) is 3.19. The maximum atomic E-state index is 12.8. The zero-order chi connectivity index (χ0) is 13.6. The molecule has 3 saturated heterocycles. The van der Waals surface area contributed by atoms with E-state index in [1.807, 2.05) is 0 Å². The number of hydrogen-bond acceptors (Lipinski definition) is 3. The molecule has 4 nitrogen and oxygen atoms in total. The van der Waals surface area contributed by atoms with Crippen LogP contribution in [0.15, 0.2) is 0 Å². The lowest BCUT2D eigenvalue weighted by molar-refractivity contribution is -0.132. The van der Waals surface area contributed by atoms with Gasteiger partial charge in [0.2, 0.25) is 5.91 Å². The van der Waals surface area contributed by atoms with Gasteiger partial charge in [-0.15, -0.1) is 0 Å². The molecule has 1 spiro atoms. The lowest BCUT2D eigenvalue weighted by Crippen LogP contribution is -2.45. The maximum Gasteiger partial charge on any atom is 0.239 e. The average molecular weight is 278 g/mol. The number of carbonyl (C=O) groups is 1. The van der Waals surface area contributed by atoms with Crippen molar-refractivity contribution in [2.24, 2.45) is 11.3 Å². The Morgan fingerprint density at radius 1 is 1.25 bits per heavy atom. The molecule has 1 saturated carbocycles. The summed E-state index contributed by atoms with van der Waals surface area (Å²) < 4.78 is 5.56. The highest BCUT2D eigenvalue weighted by Gasteiger charge is 2.46. The first-order chi connectivity index (χ1) is 9.76. The van der Waals surface area contributed by atoms with Gasteiger partial charge < -0.3 is 15.0 Å². The summed E-state index contributed by atoms with van der Waals surface area (Å²) in [5.74, 6) is 1.12. The molecule has 3 aliphatic heterocycles. The normalized spacial score (nSPS) is 44.2. The van der Waals surface area contributed by atoms with Crippen molar-refractivity contribution in [1.82, 2.24) is 10.2 Å². The van der Waals surface area contributed by atoms with Crippen LogP contribution in [0.1, 0.15) is 44.9 Å². The van der Waals surface area contributed by atoms with E-state index in [0.717, 1.165) is 51.5 Å². The number of carbonyl (C=O) groups excluding carboxylic acids is 1. The van der Waals surface area contributed by atoms with Crippen molar-refractivity contribution in [2.75, 3.05) is 26.3 Å². The van der Waals surface area contributed by atoms with Gasteiger partial charge >= 0.3 is 0 Å². The number of nitrogens with zero attached hydrogens (tertiary/aromatic N) is 1. The topological polar surface area (TPSA) is 41.6 Å². The molecule has 3 heterocycles. The molecule has 4 atom stereocenters. The molecular formula is C16H26N2O2. The molecule has 112 valence electrons. The zero-order valence-electron chi connectivity index (χ0n) is 12.3. The molecule has 20 heavy (non-hydrogen) atoms. The lowest BCUT2D eigenvalue weighted by Gasteiger charge is -2.25. The van der Waals surface area contributed by atoms with Crippen LogP contribution >= 0.6 is 0 Å². The van der Waals surface area contributed by atoms with E-state index < -0.39 is 0 Å². The van der Waals surface area contributed by atoms with Crippen LogP contribution in [0.25, 0.3) is 0 Å². The van der Waals surface area contributed by atoms with E-state index in [1.165, 1.54) is 25.7 Å². The first-order valence-electron chi connectivity index (χ1n) is 8.38. The summed E-state index contributed by atoms with van der Waals surface area (Å²) in [7, 11) is 0. The van der Waals surface area contributed by atoms with Crippen molar-refractivity contribution in [2.45, 2.75) is 57.0 Å². The Morgan fingerprint density at radius 2 is 2.15 bits per heavy atom. The molecule has 4 heteroatoms. The van der Waals surface area contributed by atoms with Gasteiger partial charge in [0.15, 0.2) is 0 Å². The van der Waals surface area contributed by atoms with Gasteiger partial charge in [-0.25, -0.2) is 0 Å². The van der Waals surface area contributed by atoms with Gasteiger partial charge in [-0.2, -0.15) is 0 Å². The number of amides is 1. The molecule has 4 unspecified atom stereocenters. The zero-order valence-corrected chi connectivity index (χ0v) is 12.3. The molecule has 4 rings (SSSR count). The van der Waals surface area contributed by atoms with E-state index in [1.54, 1.807) is 0 Å². The highest BCUT2D eigenvalue weighted by atomic mass is 16.5. The third kappa shape index (κ3) is 2.17. The van der Waals surface area contributed by atoms with Crippen LogP contribution in [0.2, 0.25) is 0 Å². The molecule has 0 aromatic heterocycles. The van der Waals surface area contributed by atoms with Crippen LogP contribution in [-0.2, 0) is 9.53 Å². The Balaban J connectivity index is 1.39. The highest BCUT2D eigenvalue weighted by Crippen LogP contribution is 2.39. The quantitative estimate of drug-likeness (QED) is 0.791. The van der Waals surface area contributed by atoms with Gasteiger partial charge in [-0.1, -0.05) is 12.8 Å². The first-order valence-corrected chi connectivity index (χ1v) is 8.38. The largest absolute Gasteiger partial charge is 0.381 e. The monoisotopic (exact) mass is 278 g/mol. The predicted molar refractivity (Wildman–Crippen MR) is 76.4 cm³/mol. The molecule has 4 aliphatic rings. The van der Waals surface area contributed by atoms with Crippen molar-refractivity contribution in [3.8, 4) is 0 Å². The van der Waals surface area contributed by atoms with E-state index in [0.29, 0.717) is 17.4 Å². The van der Waals surface area contributed by atoms with Crippen LogP contribution in [0.5, 0.6) is 0 Å². The van der Waals surface area contributed by atoms with E-state index in [9.17, 15) is 4.79 Å². The van der Waals surface area contributed by atoms with E-state index >= 15 is 0 Å². The third-order valence-corrected chi connectivity index (χ3v) is 6.10. The second-order valence-corrected chi connectivity index (χ2v) is 7.42. The van der Waals surface area contributed by atoms with Gasteiger partial charge in [0, 0.05) is 31.2 Å². The second kappa shape index (κ2) is 4.99. The van der Waals surface area contributed by atoms with Crippen LogP contribution in [0.3, 0.4) is 0 Å². The minimum Gasteiger partial charge on any atom is -0.381 e. The molecule has 4 fully saturated rings. The summed E-state index contributed by atoms with van der Waals surface area (Å²) in [6, 6.07) is 0.713. The van der Waals surface area contributed by atoms with Crippen molar-refractivity contribution < 1.29 is 9.53 Å². The summed E-state index contributed by atoms with van der Waals surface area (Å²) in [4.78, 5) is 14.9. The Labute approximate surface area is 121 Å². The molecule has 0 bridgehead atoms.